The Labute approximate surface area is 267 Å². The smallest absolute Gasteiger partial charge is 0.348 e. The van der Waals surface area contributed by atoms with Gasteiger partial charge in [-0.15, -0.1) is 21.5 Å². The molecule has 0 aliphatic heterocycles. The molecule has 2 N–H and O–H groups in total. The van der Waals surface area contributed by atoms with Crippen LogP contribution in [0.1, 0.15) is 68.1 Å². The van der Waals surface area contributed by atoms with Crippen molar-refractivity contribution in [2.45, 2.75) is 51.2 Å². The molecule has 1 unspecified atom stereocenters. The second kappa shape index (κ2) is 15.4. The molecule has 1 atom stereocenters. The van der Waals surface area contributed by atoms with Crippen molar-refractivity contribution in [3.05, 3.63) is 93.4 Å². The molecule has 11 nitrogen and oxygen atoms in total. The average molecular weight is 654 g/mol. The third-order valence-electron chi connectivity index (χ3n) is 6.45. The minimum Gasteiger partial charge on any atom is -0.462 e. The largest absolute Gasteiger partial charge is 0.462 e. The molecule has 2 amide bonds. The second-order valence-corrected chi connectivity index (χ2v) is 11.9. The van der Waals surface area contributed by atoms with Crippen molar-refractivity contribution < 1.29 is 33.0 Å². The molecule has 14 heteroatoms. The van der Waals surface area contributed by atoms with Crippen molar-refractivity contribution in [3.63, 3.8) is 0 Å². The molecule has 0 spiro atoms. The average Bonchev–Trinajstić information content (AvgIpc) is 3.55. The highest BCUT2D eigenvalue weighted by molar-refractivity contribution is 8.00. The van der Waals surface area contributed by atoms with Crippen molar-refractivity contribution in [2.24, 2.45) is 0 Å². The number of aromatic nitrogens is 3. The molecule has 2 aromatic heterocycles. The van der Waals surface area contributed by atoms with Crippen molar-refractivity contribution >= 4 is 51.9 Å². The van der Waals surface area contributed by atoms with Gasteiger partial charge in [0.2, 0.25) is 5.91 Å². The van der Waals surface area contributed by atoms with Crippen LogP contribution >= 0.6 is 23.1 Å². The molecular formula is C31H32FN5O6S2. The summed E-state index contributed by atoms with van der Waals surface area (Å²) in [4.78, 5) is 51.5. The molecule has 2 heterocycles. The van der Waals surface area contributed by atoms with Crippen LogP contribution in [0.4, 0.5) is 9.39 Å². The van der Waals surface area contributed by atoms with Crippen LogP contribution in [0, 0.1) is 12.7 Å². The van der Waals surface area contributed by atoms with E-state index < -0.39 is 34.8 Å². The Hall–Kier alpha value is -4.56. The number of nitrogens with zero attached hydrogens (tertiary/aromatic N) is 3. The van der Waals surface area contributed by atoms with E-state index in [4.69, 9.17) is 9.47 Å². The third-order valence-corrected chi connectivity index (χ3v) is 8.71. The predicted molar refractivity (Wildman–Crippen MR) is 168 cm³/mol. The zero-order valence-electron chi connectivity index (χ0n) is 25.1. The summed E-state index contributed by atoms with van der Waals surface area (Å²) in [6.45, 7) is 7.24. The van der Waals surface area contributed by atoms with E-state index in [0.29, 0.717) is 23.1 Å². The fraction of sp³-hybridized carbons (Fsp3) is 0.290. The lowest BCUT2D eigenvalue weighted by atomic mass is 10.1. The second-order valence-electron chi connectivity index (χ2n) is 9.61. The maximum absolute atomic E-state index is 13.6. The predicted octanol–water partition coefficient (Wildman–Crippen LogP) is 5.24. The number of rotatable bonds is 13. The van der Waals surface area contributed by atoms with E-state index >= 15 is 0 Å². The monoisotopic (exact) mass is 653 g/mol. The highest BCUT2D eigenvalue weighted by atomic mass is 32.2. The standard InChI is InChI=1S/C31H32FN5O6S2/c1-5-42-29(40)24-18(3)25(30(41)43-6-2)45-28(24)34-26(38)19(4)44-31-36-35-23(37(31)17-20-11-8-7-9-12-20)16-33-27(39)21-13-10-14-22(32)15-21/h7-15,19H,5-6,16-17H2,1-4H3,(H,33,39)(H,34,38). The Balaban J connectivity index is 1.55. The zero-order valence-corrected chi connectivity index (χ0v) is 26.7. The highest BCUT2D eigenvalue weighted by Gasteiger charge is 2.29. The first-order valence-corrected chi connectivity index (χ1v) is 15.8. The van der Waals surface area contributed by atoms with Gasteiger partial charge in [-0.3, -0.25) is 9.59 Å². The summed E-state index contributed by atoms with van der Waals surface area (Å²) < 4.78 is 25.7. The molecule has 0 radical (unpaired) electrons. The van der Waals surface area contributed by atoms with Crippen LogP contribution in [-0.2, 0) is 27.4 Å². The van der Waals surface area contributed by atoms with Gasteiger partial charge in [0, 0.05) is 5.56 Å². The number of ether oxygens (including phenoxy) is 2. The van der Waals surface area contributed by atoms with Gasteiger partial charge < -0.3 is 24.7 Å². The lowest BCUT2D eigenvalue weighted by molar-refractivity contribution is -0.115. The number of thioether (sulfide) groups is 1. The Bertz CT molecular complexity index is 1690. The van der Waals surface area contributed by atoms with Crippen molar-refractivity contribution in [2.75, 3.05) is 18.5 Å². The van der Waals surface area contributed by atoms with E-state index in [1.165, 1.54) is 18.2 Å². The van der Waals surface area contributed by atoms with E-state index in [2.05, 4.69) is 20.8 Å². The van der Waals surface area contributed by atoms with Crippen molar-refractivity contribution in [3.8, 4) is 0 Å². The number of benzene rings is 2. The molecule has 0 fully saturated rings. The fourth-order valence-electron chi connectivity index (χ4n) is 4.22. The van der Waals surface area contributed by atoms with Gasteiger partial charge in [0.25, 0.3) is 5.91 Å². The molecule has 2 aromatic carbocycles. The van der Waals surface area contributed by atoms with Crippen LogP contribution in [0.25, 0.3) is 0 Å². The lowest BCUT2D eigenvalue weighted by Crippen LogP contribution is -2.25. The number of amides is 2. The number of hydrogen-bond acceptors (Lipinski definition) is 10. The minimum absolute atomic E-state index is 0.00429. The number of anilines is 1. The Kier molecular flexibility index (Phi) is 11.4. The molecule has 236 valence electrons. The van der Waals surface area contributed by atoms with Crippen LogP contribution in [0.5, 0.6) is 0 Å². The molecule has 45 heavy (non-hydrogen) atoms. The maximum atomic E-state index is 13.6. The van der Waals surface area contributed by atoms with Crippen molar-refractivity contribution in [1.82, 2.24) is 20.1 Å². The SMILES string of the molecule is CCOC(=O)c1sc(NC(=O)C(C)Sc2nnc(CNC(=O)c3cccc(F)c3)n2Cc2ccccc2)c(C(=O)OCC)c1C. The minimum atomic E-state index is -0.720. The summed E-state index contributed by atoms with van der Waals surface area (Å²) >= 11 is 2.08. The number of carbonyl (C=O) groups excluding carboxylic acids is 4. The van der Waals surface area contributed by atoms with Crippen LogP contribution in [0.3, 0.4) is 0 Å². The van der Waals surface area contributed by atoms with Gasteiger partial charge in [-0.1, -0.05) is 48.2 Å². The number of carbonyl (C=O) groups is 4. The highest BCUT2D eigenvalue weighted by Crippen LogP contribution is 2.35. The van der Waals surface area contributed by atoms with Gasteiger partial charge in [-0.25, -0.2) is 14.0 Å². The molecule has 4 rings (SSSR count). The summed E-state index contributed by atoms with van der Waals surface area (Å²) in [6, 6.07) is 14.9. The van der Waals surface area contributed by atoms with E-state index in [-0.39, 0.29) is 40.8 Å². The van der Waals surface area contributed by atoms with Gasteiger partial charge in [0.05, 0.1) is 37.1 Å². The molecule has 0 saturated heterocycles. The number of halogens is 1. The zero-order chi connectivity index (χ0) is 32.5. The first-order chi connectivity index (χ1) is 21.6. The van der Waals surface area contributed by atoms with Gasteiger partial charge in [-0.2, -0.15) is 0 Å². The summed E-state index contributed by atoms with van der Waals surface area (Å²) in [5.74, 6) is -2.28. The van der Waals surface area contributed by atoms with E-state index in [9.17, 15) is 23.6 Å². The fourth-order valence-corrected chi connectivity index (χ4v) is 6.18. The van der Waals surface area contributed by atoms with Crippen LogP contribution in [-0.4, -0.2) is 57.0 Å². The van der Waals surface area contributed by atoms with Gasteiger partial charge in [-0.05, 0) is 57.0 Å². The van der Waals surface area contributed by atoms with Crippen LogP contribution < -0.4 is 10.6 Å². The quantitative estimate of drug-likeness (QED) is 0.146. The molecule has 0 aliphatic carbocycles. The first kappa shape index (κ1) is 33.3. The van der Waals surface area contributed by atoms with E-state index in [0.717, 1.165) is 34.7 Å². The molecule has 0 bridgehead atoms. The van der Waals surface area contributed by atoms with Gasteiger partial charge >= 0.3 is 11.9 Å². The molecule has 0 saturated carbocycles. The molecule has 0 aliphatic rings. The number of nitrogens with one attached hydrogen (secondary N) is 2. The summed E-state index contributed by atoms with van der Waals surface area (Å²) in [6.07, 6.45) is 0. The number of hydrogen-bond donors (Lipinski definition) is 2. The summed E-state index contributed by atoms with van der Waals surface area (Å²) in [5.41, 5.74) is 1.56. The van der Waals surface area contributed by atoms with Gasteiger partial charge in [0.15, 0.2) is 11.0 Å². The van der Waals surface area contributed by atoms with Crippen molar-refractivity contribution in [1.29, 1.82) is 0 Å². The number of thiophene rings is 1. The Morgan fingerprint density at radius 3 is 2.40 bits per heavy atom. The van der Waals surface area contributed by atoms with E-state index in [1.807, 2.05) is 30.3 Å². The number of esters is 2. The third kappa shape index (κ3) is 8.34. The summed E-state index contributed by atoms with van der Waals surface area (Å²) in [5, 5.41) is 13.9. The molecular weight excluding hydrogens is 622 g/mol. The Morgan fingerprint density at radius 1 is 1.00 bits per heavy atom. The summed E-state index contributed by atoms with van der Waals surface area (Å²) in [7, 11) is 0. The normalized spacial score (nSPS) is 11.5. The Morgan fingerprint density at radius 2 is 1.71 bits per heavy atom. The van der Waals surface area contributed by atoms with Gasteiger partial charge in [0.1, 0.15) is 15.7 Å². The van der Waals surface area contributed by atoms with Crippen LogP contribution in [0.2, 0.25) is 0 Å². The molecule has 4 aromatic rings. The maximum Gasteiger partial charge on any atom is 0.348 e. The van der Waals surface area contributed by atoms with Crippen LogP contribution in [0.15, 0.2) is 59.8 Å². The lowest BCUT2D eigenvalue weighted by Gasteiger charge is -2.14. The topological polar surface area (TPSA) is 142 Å². The van der Waals surface area contributed by atoms with E-state index in [1.54, 1.807) is 32.3 Å². The first-order valence-electron chi connectivity index (χ1n) is 14.1.